The Morgan fingerprint density at radius 1 is 1.00 bits per heavy atom. The van der Waals surface area contributed by atoms with Crippen molar-refractivity contribution in [3.05, 3.63) is 0 Å². The Morgan fingerprint density at radius 2 is 1.60 bits per heavy atom. The van der Waals surface area contributed by atoms with E-state index < -0.39 is 0 Å². The molecule has 0 aromatic heterocycles. The van der Waals surface area contributed by atoms with Crippen LogP contribution in [0.4, 0.5) is 0 Å². The molecule has 3 fully saturated rings. The Labute approximate surface area is 63.0 Å². The summed E-state index contributed by atoms with van der Waals surface area (Å²) in [5.74, 6) is 1.18. The van der Waals surface area contributed by atoms with Crippen LogP contribution < -0.4 is 0 Å². The third-order valence-corrected chi connectivity index (χ3v) is 4.35. The Bertz CT molecular complexity index is 168. The van der Waals surface area contributed by atoms with E-state index in [0.29, 0.717) is 0 Å². The molecule has 0 spiro atoms. The van der Waals surface area contributed by atoms with E-state index in [9.17, 15) is 0 Å². The summed E-state index contributed by atoms with van der Waals surface area (Å²) in [5.41, 5.74) is 1.75. The highest BCUT2D eigenvalue weighted by molar-refractivity contribution is 5.17. The standard InChI is InChI=1S/C10H16/c1-9(4-5-9)10(6-7-10)8-2-3-8/h8H,2-7H2,1H3. The highest BCUT2D eigenvalue weighted by atomic mass is 14.7. The van der Waals surface area contributed by atoms with E-state index in [4.69, 9.17) is 0 Å². The molecule has 3 rings (SSSR count). The Balaban J connectivity index is 1.88. The van der Waals surface area contributed by atoms with Crippen LogP contribution in [0.1, 0.15) is 45.4 Å². The molecule has 0 nitrogen and oxygen atoms in total. The first-order valence-electron chi connectivity index (χ1n) is 4.77. The van der Waals surface area contributed by atoms with Gasteiger partial charge in [0.25, 0.3) is 0 Å². The first kappa shape index (κ1) is 5.62. The molecule has 0 unspecified atom stereocenters. The van der Waals surface area contributed by atoms with Gasteiger partial charge in [-0.3, -0.25) is 0 Å². The summed E-state index contributed by atoms with van der Waals surface area (Å²) in [7, 11) is 0. The van der Waals surface area contributed by atoms with Gasteiger partial charge < -0.3 is 0 Å². The SMILES string of the molecule is CC1(C2(C3CC3)CC2)CC1. The Morgan fingerprint density at radius 3 is 1.90 bits per heavy atom. The fourth-order valence-corrected chi connectivity index (χ4v) is 2.96. The zero-order valence-corrected chi connectivity index (χ0v) is 6.82. The minimum atomic E-state index is 0.841. The zero-order valence-electron chi connectivity index (χ0n) is 6.82. The second kappa shape index (κ2) is 1.31. The molecule has 0 radical (unpaired) electrons. The smallest absolute Gasteiger partial charge is 0.0215 e. The summed E-state index contributed by atoms with van der Waals surface area (Å²) in [6.07, 6.45) is 9.38. The Hall–Kier alpha value is 0. The Kier molecular flexibility index (Phi) is 0.735. The lowest BCUT2D eigenvalue weighted by molar-refractivity contribution is 0.266. The van der Waals surface area contributed by atoms with Crippen LogP contribution in [0.5, 0.6) is 0 Å². The average molecular weight is 136 g/mol. The van der Waals surface area contributed by atoms with E-state index in [1.807, 2.05) is 0 Å². The maximum Gasteiger partial charge on any atom is -0.0215 e. The molecular formula is C10H16. The second-order valence-corrected chi connectivity index (χ2v) is 4.99. The van der Waals surface area contributed by atoms with Crippen LogP contribution in [0.25, 0.3) is 0 Å². The van der Waals surface area contributed by atoms with Gasteiger partial charge in [-0.2, -0.15) is 0 Å². The highest BCUT2D eigenvalue weighted by Crippen LogP contribution is 2.77. The molecule has 0 saturated heterocycles. The fourth-order valence-electron chi connectivity index (χ4n) is 2.96. The molecule has 0 heteroatoms. The van der Waals surface area contributed by atoms with Crippen molar-refractivity contribution in [2.45, 2.75) is 45.4 Å². The van der Waals surface area contributed by atoms with Crippen LogP contribution in [0.2, 0.25) is 0 Å². The van der Waals surface area contributed by atoms with Crippen LogP contribution in [0, 0.1) is 16.7 Å². The summed E-state index contributed by atoms with van der Waals surface area (Å²) >= 11 is 0. The van der Waals surface area contributed by atoms with E-state index in [1.165, 1.54) is 5.92 Å². The highest BCUT2D eigenvalue weighted by Gasteiger charge is 2.67. The second-order valence-electron chi connectivity index (χ2n) is 4.99. The maximum absolute atomic E-state index is 2.53. The van der Waals surface area contributed by atoms with Gasteiger partial charge in [-0.15, -0.1) is 0 Å². The minimum absolute atomic E-state index is 0.841. The van der Waals surface area contributed by atoms with E-state index >= 15 is 0 Å². The molecule has 10 heavy (non-hydrogen) atoms. The third kappa shape index (κ3) is 0.500. The van der Waals surface area contributed by atoms with E-state index in [1.54, 1.807) is 38.5 Å². The van der Waals surface area contributed by atoms with Gasteiger partial charge >= 0.3 is 0 Å². The van der Waals surface area contributed by atoms with Gasteiger partial charge in [-0.25, -0.2) is 0 Å². The van der Waals surface area contributed by atoms with Gasteiger partial charge in [0, 0.05) is 0 Å². The van der Waals surface area contributed by atoms with Gasteiger partial charge in [0.1, 0.15) is 0 Å². The molecule has 3 saturated carbocycles. The van der Waals surface area contributed by atoms with Gasteiger partial charge in [0.05, 0.1) is 0 Å². The molecule has 3 aliphatic rings. The third-order valence-electron chi connectivity index (χ3n) is 4.35. The fraction of sp³-hybridized carbons (Fsp3) is 1.00. The zero-order chi connectivity index (χ0) is 6.82. The molecule has 3 aliphatic carbocycles. The molecule has 0 N–H and O–H groups in total. The lowest BCUT2D eigenvalue weighted by atomic mass is 9.83. The number of hydrogen-bond donors (Lipinski definition) is 0. The molecule has 0 amide bonds. The normalized spacial score (nSPS) is 39.3. The quantitative estimate of drug-likeness (QED) is 0.547. The predicted octanol–water partition coefficient (Wildman–Crippen LogP) is 2.98. The number of rotatable bonds is 2. The van der Waals surface area contributed by atoms with Crippen LogP contribution in [0.3, 0.4) is 0 Å². The molecule has 0 atom stereocenters. The van der Waals surface area contributed by atoms with Gasteiger partial charge in [0.15, 0.2) is 0 Å². The maximum atomic E-state index is 2.53. The minimum Gasteiger partial charge on any atom is -0.0591 e. The van der Waals surface area contributed by atoms with E-state index in [-0.39, 0.29) is 0 Å². The lowest BCUT2D eigenvalue weighted by Gasteiger charge is -2.21. The first-order chi connectivity index (χ1) is 4.77. The molecule has 0 bridgehead atoms. The van der Waals surface area contributed by atoms with Crippen molar-refractivity contribution in [1.82, 2.24) is 0 Å². The molecule has 0 aromatic carbocycles. The van der Waals surface area contributed by atoms with E-state index in [2.05, 4.69) is 6.92 Å². The predicted molar refractivity (Wildman–Crippen MR) is 41.7 cm³/mol. The molecular weight excluding hydrogens is 120 g/mol. The van der Waals surface area contributed by atoms with Crippen molar-refractivity contribution < 1.29 is 0 Å². The summed E-state index contributed by atoms with van der Waals surface area (Å²) in [5, 5.41) is 0. The van der Waals surface area contributed by atoms with Crippen molar-refractivity contribution in [1.29, 1.82) is 0 Å². The van der Waals surface area contributed by atoms with Crippen molar-refractivity contribution in [3.63, 3.8) is 0 Å². The summed E-state index contributed by atoms with van der Waals surface area (Å²) in [4.78, 5) is 0. The molecule has 0 aliphatic heterocycles. The summed E-state index contributed by atoms with van der Waals surface area (Å²) in [6, 6.07) is 0. The van der Waals surface area contributed by atoms with Gasteiger partial charge in [-0.05, 0) is 55.3 Å². The van der Waals surface area contributed by atoms with Crippen LogP contribution in [0.15, 0.2) is 0 Å². The molecule has 56 valence electrons. The molecule has 0 aromatic rings. The first-order valence-corrected chi connectivity index (χ1v) is 4.77. The topological polar surface area (TPSA) is 0 Å². The van der Waals surface area contributed by atoms with Crippen molar-refractivity contribution in [2.24, 2.45) is 16.7 Å². The lowest BCUT2D eigenvalue weighted by Crippen LogP contribution is -2.15. The monoisotopic (exact) mass is 136 g/mol. The van der Waals surface area contributed by atoms with Crippen molar-refractivity contribution >= 4 is 0 Å². The number of hydrogen-bond acceptors (Lipinski definition) is 0. The van der Waals surface area contributed by atoms with Crippen molar-refractivity contribution in [2.75, 3.05) is 0 Å². The molecule has 0 heterocycles. The van der Waals surface area contributed by atoms with Crippen LogP contribution in [-0.4, -0.2) is 0 Å². The summed E-state index contributed by atoms with van der Waals surface area (Å²) < 4.78 is 0. The van der Waals surface area contributed by atoms with Crippen molar-refractivity contribution in [3.8, 4) is 0 Å². The average Bonchev–Trinajstić information content (AvgIpc) is 2.70. The van der Waals surface area contributed by atoms with Crippen LogP contribution in [-0.2, 0) is 0 Å². The van der Waals surface area contributed by atoms with Gasteiger partial charge in [-0.1, -0.05) is 6.92 Å². The van der Waals surface area contributed by atoms with Crippen LogP contribution >= 0.6 is 0 Å². The van der Waals surface area contributed by atoms with Gasteiger partial charge in [0.2, 0.25) is 0 Å². The largest absolute Gasteiger partial charge is 0.0591 e. The summed E-state index contributed by atoms with van der Waals surface area (Å²) in [6.45, 7) is 2.53. The van der Waals surface area contributed by atoms with E-state index in [0.717, 1.165) is 10.8 Å².